The monoisotopic (exact) mass is 551 g/mol. The van der Waals surface area contributed by atoms with E-state index in [4.69, 9.17) is 16.6 Å². The van der Waals surface area contributed by atoms with Gasteiger partial charge in [0.05, 0.1) is 6.04 Å². The number of aliphatic carboxylic acids is 2. The van der Waals surface area contributed by atoms with Gasteiger partial charge in [-0.2, -0.15) is 0 Å². The number of aromatic hydroxyl groups is 1. The highest BCUT2D eigenvalue weighted by Crippen LogP contribution is 2.13. The molecule has 13 nitrogen and oxygen atoms in total. The van der Waals surface area contributed by atoms with Gasteiger partial charge in [0.2, 0.25) is 17.7 Å². The molecule has 0 aliphatic carbocycles. The van der Waals surface area contributed by atoms with Crippen molar-refractivity contribution in [2.24, 2.45) is 17.4 Å². The minimum Gasteiger partial charge on any atom is -0.508 e. The summed E-state index contributed by atoms with van der Waals surface area (Å²) in [5, 5.41) is 35.6. The maximum atomic E-state index is 13.4. The first-order chi connectivity index (χ1) is 18.3. The topological polar surface area (TPSA) is 234 Å². The van der Waals surface area contributed by atoms with Crippen molar-refractivity contribution >= 4 is 29.7 Å². The second kappa shape index (κ2) is 17.0. The molecule has 0 aromatic heterocycles. The summed E-state index contributed by atoms with van der Waals surface area (Å²) in [7, 11) is 0. The molecular weight excluding hydrogens is 510 g/mol. The van der Waals surface area contributed by atoms with Crippen LogP contribution in [0.4, 0.5) is 0 Å². The Morgan fingerprint density at radius 1 is 0.821 bits per heavy atom. The zero-order valence-corrected chi connectivity index (χ0v) is 22.4. The Labute approximate surface area is 227 Å². The summed E-state index contributed by atoms with van der Waals surface area (Å²) in [6, 6.07) is 1.30. The van der Waals surface area contributed by atoms with Gasteiger partial charge in [-0.1, -0.05) is 26.0 Å². The van der Waals surface area contributed by atoms with Gasteiger partial charge in [-0.3, -0.25) is 19.2 Å². The van der Waals surface area contributed by atoms with Crippen molar-refractivity contribution < 1.29 is 39.3 Å². The molecule has 13 heteroatoms. The lowest BCUT2D eigenvalue weighted by molar-refractivity contribution is -0.143. The Morgan fingerprint density at radius 3 is 1.92 bits per heavy atom. The highest BCUT2D eigenvalue weighted by molar-refractivity contribution is 5.94. The number of rotatable bonds is 18. The number of hydrogen-bond acceptors (Lipinski definition) is 8. The predicted octanol–water partition coefficient (Wildman–Crippen LogP) is -0.159. The van der Waals surface area contributed by atoms with Gasteiger partial charge < -0.3 is 42.7 Å². The zero-order valence-electron chi connectivity index (χ0n) is 22.4. The number of carboxylic acid groups (broad SMARTS) is 2. The molecule has 0 spiro atoms. The molecule has 0 heterocycles. The van der Waals surface area contributed by atoms with Crippen molar-refractivity contribution in [3.05, 3.63) is 29.8 Å². The molecule has 0 bridgehead atoms. The fourth-order valence-electron chi connectivity index (χ4n) is 3.76. The quantitative estimate of drug-likeness (QED) is 0.112. The summed E-state index contributed by atoms with van der Waals surface area (Å²) in [6.07, 6.45) is 0.913. The second-order valence-electron chi connectivity index (χ2n) is 9.85. The van der Waals surface area contributed by atoms with E-state index in [0.717, 1.165) is 0 Å². The van der Waals surface area contributed by atoms with E-state index in [9.17, 15) is 34.2 Å². The van der Waals surface area contributed by atoms with Gasteiger partial charge in [0.1, 0.15) is 23.9 Å². The number of unbranched alkanes of at least 4 members (excludes halogenated alkanes) is 1. The van der Waals surface area contributed by atoms with Crippen molar-refractivity contribution in [2.45, 2.75) is 83.0 Å². The van der Waals surface area contributed by atoms with E-state index in [1.54, 1.807) is 12.1 Å². The van der Waals surface area contributed by atoms with Crippen LogP contribution in [0, 0.1) is 5.92 Å². The van der Waals surface area contributed by atoms with E-state index < -0.39 is 53.8 Å². The number of amides is 3. The number of carbonyl (C=O) groups excluding carboxylic acids is 3. The van der Waals surface area contributed by atoms with E-state index in [1.165, 1.54) is 12.1 Å². The molecule has 39 heavy (non-hydrogen) atoms. The first kappa shape index (κ1) is 33.3. The van der Waals surface area contributed by atoms with Gasteiger partial charge >= 0.3 is 11.9 Å². The Morgan fingerprint density at radius 2 is 1.38 bits per heavy atom. The van der Waals surface area contributed by atoms with Crippen LogP contribution in [0.5, 0.6) is 5.75 Å². The van der Waals surface area contributed by atoms with E-state index in [1.807, 2.05) is 13.8 Å². The lowest BCUT2D eigenvalue weighted by Crippen LogP contribution is -2.57. The van der Waals surface area contributed by atoms with Gasteiger partial charge in [0, 0.05) is 12.8 Å². The minimum atomic E-state index is -1.20. The van der Waals surface area contributed by atoms with Crippen LogP contribution in [0.1, 0.15) is 57.9 Å². The van der Waals surface area contributed by atoms with Crippen LogP contribution in [0.15, 0.2) is 24.3 Å². The number of phenolic OH excluding ortho intramolecular Hbond substituents is 1. The number of nitrogens with one attached hydrogen (secondary N) is 3. The number of hydrogen-bond donors (Lipinski definition) is 8. The van der Waals surface area contributed by atoms with Gasteiger partial charge in [0.25, 0.3) is 0 Å². The number of phenols is 1. The molecule has 3 amide bonds. The highest BCUT2D eigenvalue weighted by atomic mass is 16.4. The van der Waals surface area contributed by atoms with Crippen molar-refractivity contribution in [1.29, 1.82) is 0 Å². The lowest BCUT2D eigenvalue weighted by Gasteiger charge is -2.26. The SMILES string of the molecule is CC(C)CC(NC(=O)C(CCCCN)NC(=O)C(Cc1ccc(O)cc1)NC(=O)C(N)CCC(=O)O)C(=O)O. The summed E-state index contributed by atoms with van der Waals surface area (Å²) in [4.78, 5) is 61.6. The Kier molecular flexibility index (Phi) is 14.5. The number of carboxylic acids is 2. The summed E-state index contributed by atoms with van der Waals surface area (Å²) in [6.45, 7) is 4.00. The summed E-state index contributed by atoms with van der Waals surface area (Å²) < 4.78 is 0. The van der Waals surface area contributed by atoms with Crippen molar-refractivity contribution in [3.63, 3.8) is 0 Å². The minimum absolute atomic E-state index is 0.00509. The van der Waals surface area contributed by atoms with Crippen LogP contribution in [-0.4, -0.2) is 75.7 Å². The van der Waals surface area contributed by atoms with Crippen LogP contribution in [-0.2, 0) is 30.4 Å². The van der Waals surface area contributed by atoms with Crippen LogP contribution in [0.2, 0.25) is 0 Å². The van der Waals surface area contributed by atoms with Crippen LogP contribution >= 0.6 is 0 Å². The molecule has 218 valence electrons. The van der Waals surface area contributed by atoms with Gasteiger partial charge in [0.15, 0.2) is 0 Å². The van der Waals surface area contributed by atoms with Crippen molar-refractivity contribution in [3.8, 4) is 5.75 Å². The molecule has 4 atom stereocenters. The zero-order chi connectivity index (χ0) is 29.5. The predicted molar refractivity (Wildman–Crippen MR) is 142 cm³/mol. The number of benzene rings is 1. The van der Waals surface area contributed by atoms with E-state index in [2.05, 4.69) is 16.0 Å². The normalized spacial score (nSPS) is 14.1. The first-order valence-corrected chi connectivity index (χ1v) is 12.9. The lowest BCUT2D eigenvalue weighted by atomic mass is 10.0. The Balaban J connectivity index is 3.13. The number of carbonyl (C=O) groups is 5. The molecule has 0 aliphatic heterocycles. The van der Waals surface area contributed by atoms with Crippen molar-refractivity contribution in [1.82, 2.24) is 16.0 Å². The third-order valence-corrected chi connectivity index (χ3v) is 5.92. The molecule has 0 saturated carbocycles. The Bertz CT molecular complexity index is 970. The molecule has 1 aromatic rings. The fraction of sp³-hybridized carbons (Fsp3) is 0.577. The third kappa shape index (κ3) is 13.1. The van der Waals surface area contributed by atoms with Crippen LogP contribution in [0.3, 0.4) is 0 Å². The van der Waals surface area contributed by atoms with Crippen molar-refractivity contribution in [2.75, 3.05) is 6.54 Å². The molecule has 0 radical (unpaired) electrons. The van der Waals surface area contributed by atoms with Gasteiger partial charge in [-0.05, 0) is 62.3 Å². The molecule has 0 aliphatic rings. The van der Waals surface area contributed by atoms with E-state index >= 15 is 0 Å². The summed E-state index contributed by atoms with van der Waals surface area (Å²) >= 11 is 0. The summed E-state index contributed by atoms with van der Waals surface area (Å²) in [5.74, 6) is -4.47. The molecule has 10 N–H and O–H groups in total. The fourth-order valence-corrected chi connectivity index (χ4v) is 3.76. The van der Waals surface area contributed by atoms with Crippen LogP contribution < -0.4 is 27.4 Å². The molecule has 0 saturated heterocycles. The average molecular weight is 552 g/mol. The molecule has 1 aromatic carbocycles. The average Bonchev–Trinajstić information content (AvgIpc) is 2.86. The van der Waals surface area contributed by atoms with Gasteiger partial charge in [-0.25, -0.2) is 4.79 Å². The smallest absolute Gasteiger partial charge is 0.326 e. The largest absolute Gasteiger partial charge is 0.508 e. The molecule has 4 unspecified atom stereocenters. The van der Waals surface area contributed by atoms with E-state index in [-0.39, 0.29) is 43.8 Å². The summed E-state index contributed by atoms with van der Waals surface area (Å²) in [5.41, 5.74) is 12.0. The Hall–Kier alpha value is -3.71. The van der Waals surface area contributed by atoms with Crippen LogP contribution in [0.25, 0.3) is 0 Å². The second-order valence-corrected chi connectivity index (χ2v) is 9.85. The molecule has 0 fully saturated rings. The highest BCUT2D eigenvalue weighted by Gasteiger charge is 2.30. The first-order valence-electron chi connectivity index (χ1n) is 12.9. The number of nitrogens with two attached hydrogens (primary N) is 2. The maximum absolute atomic E-state index is 13.4. The van der Waals surface area contributed by atoms with E-state index in [0.29, 0.717) is 24.9 Å². The maximum Gasteiger partial charge on any atom is 0.326 e. The standard InChI is InChI=1S/C26H41N5O8/c1-15(2)13-21(26(38)39)31-24(36)19(5-3-4-12-27)29-25(37)20(14-16-6-8-17(32)9-7-16)30-23(35)18(28)10-11-22(33)34/h6-9,15,18-21,32H,3-5,10-14,27-28H2,1-2H3,(H,29,37)(H,30,35)(H,31,36)(H,33,34)(H,38,39). The molecule has 1 rings (SSSR count). The third-order valence-electron chi connectivity index (χ3n) is 5.92. The molecular formula is C26H41N5O8. The van der Waals surface area contributed by atoms with Gasteiger partial charge in [-0.15, -0.1) is 0 Å².